The molecule has 0 amide bonds. The minimum atomic E-state index is -3.99. The SMILES string of the molecule is CCOc1ccc(-c2noc(-c3sccc3S(=O)(=O)N(C)c3ccc(C)c(F)c3)n2)cc1. The predicted molar refractivity (Wildman–Crippen MR) is 121 cm³/mol. The molecular weight excluding hydrogens is 453 g/mol. The van der Waals surface area contributed by atoms with Gasteiger partial charge >= 0.3 is 0 Å². The van der Waals surface area contributed by atoms with Gasteiger partial charge in [-0.1, -0.05) is 11.2 Å². The van der Waals surface area contributed by atoms with Gasteiger partial charge in [0.15, 0.2) is 0 Å². The fourth-order valence-corrected chi connectivity index (χ4v) is 5.52. The maximum absolute atomic E-state index is 14.0. The number of thiophene rings is 1. The molecule has 4 aromatic rings. The molecule has 0 N–H and O–H groups in total. The first kappa shape index (κ1) is 22.0. The van der Waals surface area contributed by atoms with Gasteiger partial charge in [-0.3, -0.25) is 4.31 Å². The highest BCUT2D eigenvalue weighted by atomic mass is 32.2. The Hall–Kier alpha value is -3.24. The maximum Gasteiger partial charge on any atom is 0.269 e. The number of benzene rings is 2. The van der Waals surface area contributed by atoms with E-state index in [0.29, 0.717) is 28.4 Å². The van der Waals surface area contributed by atoms with E-state index in [2.05, 4.69) is 10.1 Å². The average molecular weight is 474 g/mol. The van der Waals surface area contributed by atoms with E-state index >= 15 is 0 Å². The van der Waals surface area contributed by atoms with Crippen molar-refractivity contribution >= 4 is 27.0 Å². The van der Waals surface area contributed by atoms with E-state index in [-0.39, 0.29) is 16.5 Å². The molecule has 0 aliphatic heterocycles. The third-order valence-electron chi connectivity index (χ3n) is 4.83. The topological polar surface area (TPSA) is 85.5 Å². The van der Waals surface area contributed by atoms with Gasteiger partial charge in [0.05, 0.1) is 12.3 Å². The largest absolute Gasteiger partial charge is 0.494 e. The summed E-state index contributed by atoms with van der Waals surface area (Å²) in [6.45, 7) is 4.08. The first-order chi connectivity index (χ1) is 15.3. The van der Waals surface area contributed by atoms with E-state index in [9.17, 15) is 12.8 Å². The Labute approximate surface area is 189 Å². The van der Waals surface area contributed by atoms with Crippen molar-refractivity contribution < 1.29 is 22.1 Å². The number of ether oxygens (including phenoxy) is 1. The van der Waals surface area contributed by atoms with E-state index in [1.807, 2.05) is 6.92 Å². The molecule has 10 heteroatoms. The Morgan fingerprint density at radius 1 is 1.16 bits per heavy atom. The Morgan fingerprint density at radius 2 is 1.91 bits per heavy atom. The van der Waals surface area contributed by atoms with Crippen molar-refractivity contribution in [1.29, 1.82) is 0 Å². The molecule has 0 fully saturated rings. The van der Waals surface area contributed by atoms with Gasteiger partial charge in [-0.15, -0.1) is 11.3 Å². The van der Waals surface area contributed by atoms with E-state index in [1.165, 1.54) is 36.6 Å². The van der Waals surface area contributed by atoms with Gasteiger partial charge in [0.1, 0.15) is 21.3 Å². The van der Waals surface area contributed by atoms with E-state index < -0.39 is 15.8 Å². The Kier molecular flexibility index (Phi) is 5.98. The zero-order valence-corrected chi connectivity index (χ0v) is 19.2. The molecule has 0 aliphatic rings. The number of aryl methyl sites for hydroxylation is 1. The Bertz CT molecular complexity index is 1350. The molecule has 2 aromatic carbocycles. The van der Waals surface area contributed by atoms with Crippen LogP contribution in [-0.2, 0) is 10.0 Å². The third kappa shape index (κ3) is 4.11. The summed E-state index contributed by atoms with van der Waals surface area (Å²) in [5.74, 6) is 0.661. The van der Waals surface area contributed by atoms with Crippen molar-refractivity contribution in [3.05, 3.63) is 65.3 Å². The quantitative estimate of drug-likeness (QED) is 0.370. The number of aromatic nitrogens is 2. The van der Waals surface area contributed by atoms with Gasteiger partial charge in [-0.05, 0) is 67.3 Å². The summed E-state index contributed by atoms with van der Waals surface area (Å²) in [7, 11) is -2.62. The fraction of sp³-hybridized carbons (Fsp3) is 0.182. The molecule has 2 aromatic heterocycles. The molecule has 32 heavy (non-hydrogen) atoms. The van der Waals surface area contributed by atoms with Crippen molar-refractivity contribution in [1.82, 2.24) is 10.1 Å². The molecule has 0 unspecified atom stereocenters. The molecule has 2 heterocycles. The fourth-order valence-electron chi connectivity index (χ4n) is 3.02. The normalized spacial score (nSPS) is 11.5. The molecule has 0 radical (unpaired) electrons. The first-order valence-electron chi connectivity index (χ1n) is 9.71. The van der Waals surface area contributed by atoms with Gasteiger partial charge in [0.2, 0.25) is 5.82 Å². The third-order valence-corrected chi connectivity index (χ3v) is 7.69. The van der Waals surface area contributed by atoms with E-state index in [1.54, 1.807) is 42.6 Å². The average Bonchev–Trinajstić information content (AvgIpc) is 3.46. The minimum absolute atomic E-state index is 0.00729. The van der Waals surface area contributed by atoms with Gasteiger partial charge in [-0.2, -0.15) is 4.98 Å². The smallest absolute Gasteiger partial charge is 0.269 e. The van der Waals surface area contributed by atoms with Crippen LogP contribution in [0.5, 0.6) is 5.75 Å². The lowest BCUT2D eigenvalue weighted by Gasteiger charge is -2.19. The molecule has 0 spiro atoms. The molecule has 0 aliphatic carbocycles. The summed E-state index contributed by atoms with van der Waals surface area (Å²) in [4.78, 5) is 4.70. The van der Waals surface area contributed by atoms with Crippen molar-refractivity contribution in [3.63, 3.8) is 0 Å². The first-order valence-corrected chi connectivity index (χ1v) is 12.0. The summed E-state index contributed by atoms with van der Waals surface area (Å²) in [5.41, 5.74) is 1.35. The van der Waals surface area contributed by atoms with Crippen LogP contribution >= 0.6 is 11.3 Å². The molecule has 0 saturated heterocycles. The number of halogens is 1. The summed E-state index contributed by atoms with van der Waals surface area (Å²) < 4.78 is 52.4. The van der Waals surface area contributed by atoms with Crippen LogP contribution in [0.15, 0.2) is 63.3 Å². The van der Waals surface area contributed by atoms with Crippen LogP contribution in [0.25, 0.3) is 22.2 Å². The van der Waals surface area contributed by atoms with Crippen molar-refractivity contribution in [2.45, 2.75) is 18.7 Å². The van der Waals surface area contributed by atoms with E-state index in [0.717, 1.165) is 10.1 Å². The van der Waals surface area contributed by atoms with Crippen molar-refractivity contribution in [2.24, 2.45) is 0 Å². The van der Waals surface area contributed by atoms with Crippen molar-refractivity contribution in [3.8, 4) is 27.9 Å². The number of nitrogens with zero attached hydrogens (tertiary/aromatic N) is 3. The van der Waals surface area contributed by atoms with Crippen LogP contribution in [-0.4, -0.2) is 32.2 Å². The lowest BCUT2D eigenvalue weighted by atomic mass is 10.2. The summed E-state index contributed by atoms with van der Waals surface area (Å²) in [5, 5.41) is 5.62. The molecule has 0 saturated carbocycles. The van der Waals surface area contributed by atoms with Gasteiger partial charge in [-0.25, -0.2) is 12.8 Å². The molecule has 4 rings (SSSR count). The van der Waals surface area contributed by atoms with Gasteiger partial charge < -0.3 is 9.26 Å². The second kappa shape index (κ2) is 8.71. The summed E-state index contributed by atoms with van der Waals surface area (Å²) in [6, 6.07) is 12.9. The highest BCUT2D eigenvalue weighted by Gasteiger charge is 2.29. The number of hydrogen-bond acceptors (Lipinski definition) is 7. The number of rotatable bonds is 7. The number of sulfonamides is 1. The van der Waals surface area contributed by atoms with Crippen LogP contribution in [0.4, 0.5) is 10.1 Å². The molecule has 7 nitrogen and oxygen atoms in total. The summed E-state index contributed by atoms with van der Waals surface area (Å²) in [6.07, 6.45) is 0. The van der Waals surface area contributed by atoms with Gasteiger partial charge in [0.25, 0.3) is 15.9 Å². The van der Waals surface area contributed by atoms with Gasteiger partial charge in [0, 0.05) is 12.6 Å². The zero-order chi connectivity index (χ0) is 22.9. The molecule has 0 atom stereocenters. The molecule has 166 valence electrons. The monoisotopic (exact) mass is 473 g/mol. The van der Waals surface area contributed by atoms with Crippen molar-refractivity contribution in [2.75, 3.05) is 18.0 Å². The predicted octanol–water partition coefficient (Wildman–Crippen LogP) is 5.14. The minimum Gasteiger partial charge on any atom is -0.494 e. The lowest BCUT2D eigenvalue weighted by molar-refractivity contribution is 0.340. The zero-order valence-electron chi connectivity index (χ0n) is 17.6. The van der Waals surface area contributed by atoms with Crippen LogP contribution in [0, 0.1) is 12.7 Å². The van der Waals surface area contributed by atoms with Crippen LogP contribution < -0.4 is 9.04 Å². The van der Waals surface area contributed by atoms with Crippen LogP contribution in [0.2, 0.25) is 0 Å². The number of hydrogen-bond donors (Lipinski definition) is 0. The second-order valence-corrected chi connectivity index (χ2v) is 9.75. The summed E-state index contributed by atoms with van der Waals surface area (Å²) >= 11 is 1.17. The van der Waals surface area contributed by atoms with Crippen LogP contribution in [0.1, 0.15) is 12.5 Å². The number of anilines is 1. The molecule has 0 bridgehead atoms. The Morgan fingerprint density at radius 3 is 2.59 bits per heavy atom. The second-order valence-electron chi connectivity index (χ2n) is 6.90. The van der Waals surface area contributed by atoms with Crippen LogP contribution in [0.3, 0.4) is 0 Å². The highest BCUT2D eigenvalue weighted by Crippen LogP contribution is 2.35. The lowest BCUT2D eigenvalue weighted by Crippen LogP contribution is -2.26. The highest BCUT2D eigenvalue weighted by molar-refractivity contribution is 7.93. The molecular formula is C22H20FN3O4S2. The maximum atomic E-state index is 14.0. The Balaban J connectivity index is 1.65. The standard InChI is InChI=1S/C22H20FN3O4S2/c1-4-29-17-9-6-15(7-10-17)21-24-22(30-25-21)20-19(11-12-31-20)32(27,28)26(3)16-8-5-14(2)18(23)13-16/h5-13H,4H2,1-3H3. The van der Waals surface area contributed by atoms with E-state index in [4.69, 9.17) is 9.26 Å².